The van der Waals surface area contributed by atoms with E-state index >= 15 is 0 Å². The number of hydrogen-bond acceptors (Lipinski definition) is 4. The summed E-state index contributed by atoms with van der Waals surface area (Å²) in [6.07, 6.45) is 9.96. The predicted octanol–water partition coefficient (Wildman–Crippen LogP) is 9.32. The van der Waals surface area contributed by atoms with Gasteiger partial charge in [-0.25, -0.2) is 0 Å². The summed E-state index contributed by atoms with van der Waals surface area (Å²) in [6.45, 7) is 10.6. The molecule has 0 saturated carbocycles. The molecule has 0 saturated heterocycles. The van der Waals surface area contributed by atoms with Gasteiger partial charge in [-0.15, -0.1) is 0 Å². The van der Waals surface area contributed by atoms with Crippen LogP contribution in [0.2, 0.25) is 0 Å². The molecule has 42 heavy (non-hydrogen) atoms. The Labute approximate surface area is 259 Å². The van der Waals surface area contributed by atoms with Gasteiger partial charge in [-0.05, 0) is 73.8 Å². The van der Waals surface area contributed by atoms with Gasteiger partial charge in [0.25, 0.3) is 5.66 Å². The molecule has 3 aromatic rings. The van der Waals surface area contributed by atoms with Gasteiger partial charge in [-0.2, -0.15) is 21.4 Å². The lowest BCUT2D eigenvalue weighted by Crippen LogP contribution is -2.31. The first-order valence-corrected chi connectivity index (χ1v) is 15.9. The molecule has 228 valence electrons. The Morgan fingerprint density at radius 3 is 2.43 bits per heavy atom. The number of anilines is 1. The molecule has 0 radical (unpaired) electrons. The van der Waals surface area contributed by atoms with Crippen molar-refractivity contribution in [1.82, 2.24) is 4.90 Å². The summed E-state index contributed by atoms with van der Waals surface area (Å²) < 4.78 is 34.7. The largest absolute Gasteiger partial charge is 0.493 e. The number of nitrogens with two attached hydrogens (primary N) is 1. The third-order valence-electron chi connectivity index (χ3n) is 7.13. The quantitative estimate of drug-likeness (QED) is 0.0627. The first kappa shape index (κ1) is 35.5. The molecule has 0 aliphatic heterocycles. The van der Waals surface area contributed by atoms with Crippen molar-refractivity contribution in [2.45, 2.75) is 58.7 Å². The number of ether oxygens (including phenoxy) is 1. The zero-order valence-corrected chi connectivity index (χ0v) is 27.7. The maximum atomic E-state index is 14.3. The second-order valence-corrected chi connectivity index (χ2v) is 11.0. The van der Waals surface area contributed by atoms with Crippen LogP contribution < -0.4 is 10.5 Å². The molecule has 2 atom stereocenters. The van der Waals surface area contributed by atoms with Gasteiger partial charge < -0.3 is 10.5 Å². The van der Waals surface area contributed by atoms with Crippen molar-refractivity contribution in [3.8, 4) is 5.75 Å². The number of nitrogens with zero attached hydrogens (tertiary/aromatic N) is 1. The van der Waals surface area contributed by atoms with Crippen molar-refractivity contribution < 1.29 is 13.5 Å². The van der Waals surface area contributed by atoms with E-state index in [1.54, 1.807) is 28.5 Å². The lowest BCUT2D eigenvalue weighted by molar-refractivity contribution is 0.103. The number of allylic oxidation sites excluding steroid dienone is 3. The summed E-state index contributed by atoms with van der Waals surface area (Å²) in [5.41, 5.74) is 8.79. The van der Waals surface area contributed by atoms with Crippen LogP contribution in [0, 0.1) is 13.8 Å². The molecular weight excluding hydrogens is 565 g/mol. The van der Waals surface area contributed by atoms with Crippen LogP contribution in [0.5, 0.6) is 5.75 Å². The van der Waals surface area contributed by atoms with Gasteiger partial charge in [0.2, 0.25) is 0 Å². The molecule has 0 aliphatic carbocycles. The van der Waals surface area contributed by atoms with Crippen molar-refractivity contribution in [3.05, 3.63) is 118 Å². The topological polar surface area (TPSA) is 38.5 Å². The Bertz CT molecular complexity index is 1290. The van der Waals surface area contributed by atoms with Crippen molar-refractivity contribution in [3.63, 3.8) is 0 Å². The third-order valence-corrected chi connectivity index (χ3v) is 7.44. The number of halogens is 2. The van der Waals surface area contributed by atoms with Gasteiger partial charge in [0.1, 0.15) is 5.75 Å². The van der Waals surface area contributed by atoms with Gasteiger partial charge in [-0.3, -0.25) is 4.90 Å². The first-order valence-electron chi connectivity index (χ1n) is 14.4. The molecular formula is C35H47F2N2OPS. The Kier molecular flexibility index (Phi) is 15.3. The van der Waals surface area contributed by atoms with E-state index in [1.807, 2.05) is 44.2 Å². The average molecular weight is 613 g/mol. The summed E-state index contributed by atoms with van der Waals surface area (Å²) in [7, 11) is 1.68. The van der Waals surface area contributed by atoms with Crippen molar-refractivity contribution in [2.75, 3.05) is 31.7 Å². The van der Waals surface area contributed by atoms with E-state index in [0.29, 0.717) is 24.4 Å². The van der Waals surface area contributed by atoms with E-state index in [4.69, 9.17) is 10.5 Å². The second-order valence-electron chi connectivity index (χ2n) is 10.3. The van der Waals surface area contributed by atoms with E-state index < -0.39 is 5.66 Å². The minimum Gasteiger partial charge on any atom is -0.493 e. The van der Waals surface area contributed by atoms with Gasteiger partial charge in [-0.1, -0.05) is 89.0 Å². The van der Waals surface area contributed by atoms with Crippen LogP contribution in [0.3, 0.4) is 0 Å². The number of hydrogen-bond donors (Lipinski definition) is 2. The van der Waals surface area contributed by atoms with Crippen LogP contribution in [0.4, 0.5) is 14.5 Å². The SMILES string of the molecule is C/C=C\C(=C/CC)C(CN(CCCOc1cc(N)ccc1C)Cc1cccc(C(F)(F)P)c1C)c1ccccc1.CS. The highest BCUT2D eigenvalue weighted by Crippen LogP contribution is 2.38. The van der Waals surface area contributed by atoms with Crippen LogP contribution in [0.1, 0.15) is 60.4 Å². The maximum absolute atomic E-state index is 14.3. The molecule has 0 aliphatic rings. The number of benzene rings is 3. The molecule has 0 fully saturated rings. The lowest BCUT2D eigenvalue weighted by Gasteiger charge is -2.30. The monoisotopic (exact) mass is 612 g/mol. The van der Waals surface area contributed by atoms with Crippen LogP contribution in [0.25, 0.3) is 0 Å². The van der Waals surface area contributed by atoms with E-state index in [2.05, 4.69) is 66.9 Å². The van der Waals surface area contributed by atoms with Crippen molar-refractivity contribution in [1.29, 1.82) is 0 Å². The van der Waals surface area contributed by atoms with E-state index in [9.17, 15) is 8.78 Å². The molecule has 0 bridgehead atoms. The van der Waals surface area contributed by atoms with E-state index in [1.165, 1.54) is 17.2 Å². The fourth-order valence-electron chi connectivity index (χ4n) is 5.04. The zero-order chi connectivity index (χ0) is 31.1. The second kappa shape index (κ2) is 18.1. The molecule has 0 heterocycles. The van der Waals surface area contributed by atoms with E-state index in [-0.39, 0.29) is 11.5 Å². The Hall–Kier alpha value is -2.66. The smallest absolute Gasteiger partial charge is 0.284 e. The molecule has 0 amide bonds. The normalized spacial score (nSPS) is 12.8. The minimum atomic E-state index is -2.97. The van der Waals surface area contributed by atoms with Gasteiger partial charge in [0.15, 0.2) is 0 Å². The summed E-state index contributed by atoms with van der Waals surface area (Å²) in [5.74, 6) is 0.933. The molecule has 2 N–H and O–H groups in total. The average Bonchev–Trinajstić information content (AvgIpc) is 2.97. The Balaban J connectivity index is 0.00000301. The first-order chi connectivity index (χ1) is 20.1. The van der Waals surface area contributed by atoms with Crippen molar-refractivity contribution >= 4 is 27.6 Å². The fourth-order valence-corrected chi connectivity index (χ4v) is 5.35. The molecule has 3 nitrogen and oxygen atoms in total. The minimum absolute atomic E-state index is 0.0514. The molecule has 3 rings (SSSR count). The van der Waals surface area contributed by atoms with Crippen LogP contribution in [0.15, 0.2) is 90.5 Å². The molecule has 0 aromatic heterocycles. The van der Waals surface area contributed by atoms with Crippen LogP contribution in [-0.4, -0.2) is 30.9 Å². The highest BCUT2D eigenvalue weighted by Gasteiger charge is 2.28. The molecule has 0 spiro atoms. The standard InChI is InChI=1S/C34H43F2N2OP.CH4S/c1-5-12-27(13-6-2)31(28-14-8-7-9-15-28)24-38(20-11-21-39-33-22-30(37)19-18-25(33)3)23-29-16-10-17-32(26(29)4)34(35,36)40;1-2/h5,7-10,12-19,22,31H,6,11,20-21,23-24,37,40H2,1-4H3;2H,1H3/b12-5-,27-13+;. The summed E-state index contributed by atoms with van der Waals surface area (Å²) in [6, 6.07) is 21.4. The predicted molar refractivity (Wildman–Crippen MR) is 183 cm³/mol. The van der Waals surface area contributed by atoms with Crippen LogP contribution >= 0.6 is 21.9 Å². The summed E-state index contributed by atoms with van der Waals surface area (Å²) >= 11 is 3.53. The van der Waals surface area contributed by atoms with Gasteiger partial charge >= 0.3 is 0 Å². The highest BCUT2D eigenvalue weighted by atomic mass is 32.1. The highest BCUT2D eigenvalue weighted by molar-refractivity contribution is 7.79. The number of thiol groups is 1. The Morgan fingerprint density at radius 1 is 1.07 bits per heavy atom. The number of aryl methyl sites for hydroxylation is 1. The summed E-state index contributed by atoms with van der Waals surface area (Å²) in [5, 5.41) is 0. The lowest BCUT2D eigenvalue weighted by atomic mass is 9.89. The zero-order valence-electron chi connectivity index (χ0n) is 25.6. The van der Waals surface area contributed by atoms with Crippen molar-refractivity contribution in [2.24, 2.45) is 0 Å². The van der Waals surface area contributed by atoms with Gasteiger partial charge in [0, 0.05) is 42.9 Å². The number of rotatable bonds is 14. The summed E-state index contributed by atoms with van der Waals surface area (Å²) in [4.78, 5) is 2.37. The molecule has 3 aromatic carbocycles. The number of nitrogen functional groups attached to an aromatic ring is 1. The van der Waals surface area contributed by atoms with Crippen LogP contribution in [-0.2, 0) is 12.2 Å². The number of alkyl halides is 2. The molecule has 2 unspecified atom stereocenters. The van der Waals surface area contributed by atoms with Gasteiger partial charge in [0.05, 0.1) is 6.61 Å². The molecule has 7 heteroatoms. The maximum Gasteiger partial charge on any atom is 0.284 e. The third kappa shape index (κ3) is 10.9. The fraction of sp³-hybridized carbons (Fsp3) is 0.371. The van der Waals surface area contributed by atoms with E-state index in [0.717, 1.165) is 42.8 Å². The Morgan fingerprint density at radius 2 is 1.79 bits per heavy atom.